The van der Waals surface area contributed by atoms with Gasteiger partial charge in [-0.1, -0.05) is 17.7 Å². The van der Waals surface area contributed by atoms with Gasteiger partial charge in [-0.3, -0.25) is 4.79 Å². The Morgan fingerprint density at radius 3 is 2.37 bits per heavy atom. The van der Waals surface area contributed by atoms with Crippen LogP contribution in [-0.4, -0.2) is 34.9 Å². The molecule has 0 heterocycles. The van der Waals surface area contributed by atoms with Crippen molar-refractivity contribution in [3.63, 3.8) is 0 Å². The fourth-order valence-electron chi connectivity index (χ4n) is 3.37. The highest BCUT2D eigenvalue weighted by Crippen LogP contribution is 2.32. The molecule has 0 atom stereocenters. The summed E-state index contributed by atoms with van der Waals surface area (Å²) in [4.78, 5) is 12.2. The Balaban J connectivity index is 1.42. The van der Waals surface area contributed by atoms with E-state index in [2.05, 4.69) is 5.32 Å². The number of amides is 1. The molecular weight excluding hydrogens is 342 g/mol. The number of carbonyl (C=O) groups excluding carboxylic acids is 1. The van der Waals surface area contributed by atoms with Gasteiger partial charge in [-0.05, 0) is 74.9 Å². The van der Waals surface area contributed by atoms with Gasteiger partial charge >= 0.3 is 0 Å². The summed E-state index contributed by atoms with van der Waals surface area (Å²) >= 11 is 0. The molecule has 1 aliphatic carbocycles. The number of aliphatic hydroxyl groups is 1. The van der Waals surface area contributed by atoms with Crippen LogP contribution in [0, 0.1) is 12.8 Å². The van der Waals surface area contributed by atoms with Crippen LogP contribution in [0.5, 0.6) is 11.5 Å². The lowest BCUT2D eigenvalue weighted by atomic mass is 9.79. The Hall–Kier alpha value is -2.53. The van der Waals surface area contributed by atoms with Crippen molar-refractivity contribution in [3.05, 3.63) is 59.7 Å². The standard InChI is InChI=1S/C22H27NO4/c1-16-2-8-20(9-3-16)27-14-17-10-12-22(26,13-11-17)15-23-21(25)18-4-6-19(24)7-5-18/h2-9,17,24,26H,10-15H2,1H3,(H,23,25)/t17-,22+. The number of rotatable bonds is 6. The molecule has 5 nitrogen and oxygen atoms in total. The quantitative estimate of drug-likeness (QED) is 0.729. The molecule has 3 N–H and O–H groups in total. The lowest BCUT2D eigenvalue weighted by molar-refractivity contribution is -0.0129. The Morgan fingerprint density at radius 1 is 1.11 bits per heavy atom. The van der Waals surface area contributed by atoms with Crippen molar-refractivity contribution in [2.45, 2.75) is 38.2 Å². The number of aromatic hydroxyl groups is 1. The first-order valence-corrected chi connectivity index (χ1v) is 9.43. The zero-order valence-corrected chi connectivity index (χ0v) is 15.6. The SMILES string of the molecule is Cc1ccc(OC[C@H]2CC[C@](O)(CNC(=O)c3ccc(O)cc3)CC2)cc1. The van der Waals surface area contributed by atoms with Gasteiger partial charge in [-0.2, -0.15) is 0 Å². The molecule has 2 aromatic rings. The predicted octanol–water partition coefficient (Wildman–Crippen LogP) is 3.43. The molecule has 0 aliphatic heterocycles. The van der Waals surface area contributed by atoms with Crippen LogP contribution in [-0.2, 0) is 0 Å². The maximum Gasteiger partial charge on any atom is 0.251 e. The minimum absolute atomic E-state index is 0.122. The Labute approximate surface area is 160 Å². The molecule has 0 aromatic heterocycles. The molecule has 0 unspecified atom stereocenters. The monoisotopic (exact) mass is 369 g/mol. The van der Waals surface area contributed by atoms with Crippen LogP contribution in [0.25, 0.3) is 0 Å². The smallest absolute Gasteiger partial charge is 0.251 e. The average molecular weight is 369 g/mol. The Bertz CT molecular complexity index is 747. The number of ether oxygens (including phenoxy) is 1. The van der Waals surface area contributed by atoms with Crippen molar-refractivity contribution in [1.29, 1.82) is 0 Å². The first-order valence-electron chi connectivity index (χ1n) is 9.43. The number of hydrogen-bond donors (Lipinski definition) is 3. The van der Waals surface area contributed by atoms with Crippen molar-refractivity contribution in [3.8, 4) is 11.5 Å². The first kappa shape index (κ1) is 19.2. The maximum atomic E-state index is 12.2. The summed E-state index contributed by atoms with van der Waals surface area (Å²) in [6.07, 6.45) is 3.03. The van der Waals surface area contributed by atoms with E-state index in [1.807, 2.05) is 31.2 Å². The number of hydrogen-bond acceptors (Lipinski definition) is 4. The van der Waals surface area contributed by atoms with Gasteiger partial charge in [0.2, 0.25) is 0 Å². The van der Waals surface area contributed by atoms with Crippen molar-refractivity contribution in [2.24, 2.45) is 5.92 Å². The zero-order valence-electron chi connectivity index (χ0n) is 15.6. The zero-order chi connectivity index (χ0) is 19.3. The van der Waals surface area contributed by atoms with Crippen LogP contribution >= 0.6 is 0 Å². The summed E-state index contributed by atoms with van der Waals surface area (Å²) in [6, 6.07) is 14.1. The van der Waals surface area contributed by atoms with E-state index in [-0.39, 0.29) is 18.2 Å². The second-order valence-corrected chi connectivity index (χ2v) is 7.52. The second kappa shape index (κ2) is 8.44. The van der Waals surface area contributed by atoms with Crippen LogP contribution in [0.15, 0.2) is 48.5 Å². The lowest BCUT2D eigenvalue weighted by Crippen LogP contribution is -2.45. The van der Waals surface area contributed by atoms with E-state index < -0.39 is 5.60 Å². The molecule has 3 rings (SSSR count). The van der Waals surface area contributed by atoms with Gasteiger partial charge in [-0.15, -0.1) is 0 Å². The van der Waals surface area contributed by atoms with E-state index in [1.165, 1.54) is 17.7 Å². The average Bonchev–Trinajstić information content (AvgIpc) is 2.68. The van der Waals surface area contributed by atoms with Crippen LogP contribution in [0.3, 0.4) is 0 Å². The van der Waals surface area contributed by atoms with E-state index in [4.69, 9.17) is 4.74 Å². The largest absolute Gasteiger partial charge is 0.508 e. The molecule has 1 saturated carbocycles. The van der Waals surface area contributed by atoms with Crippen LogP contribution < -0.4 is 10.1 Å². The Morgan fingerprint density at radius 2 is 1.74 bits per heavy atom. The fraction of sp³-hybridized carbons (Fsp3) is 0.409. The van der Waals surface area contributed by atoms with Gasteiger partial charge in [0.05, 0.1) is 12.2 Å². The topological polar surface area (TPSA) is 78.8 Å². The number of carbonyl (C=O) groups is 1. The minimum atomic E-state index is -0.868. The van der Waals surface area contributed by atoms with E-state index in [9.17, 15) is 15.0 Å². The number of nitrogens with one attached hydrogen (secondary N) is 1. The third-order valence-electron chi connectivity index (χ3n) is 5.25. The van der Waals surface area contributed by atoms with E-state index >= 15 is 0 Å². The molecular formula is C22H27NO4. The molecule has 27 heavy (non-hydrogen) atoms. The molecule has 1 aliphatic rings. The van der Waals surface area contributed by atoms with Gasteiger partial charge in [0.1, 0.15) is 11.5 Å². The summed E-state index contributed by atoms with van der Waals surface area (Å²) in [7, 11) is 0. The number of benzene rings is 2. The van der Waals surface area contributed by atoms with Crippen molar-refractivity contribution >= 4 is 5.91 Å². The van der Waals surface area contributed by atoms with E-state index in [0.29, 0.717) is 30.9 Å². The number of phenols is 1. The van der Waals surface area contributed by atoms with Gasteiger partial charge < -0.3 is 20.3 Å². The van der Waals surface area contributed by atoms with Gasteiger partial charge in [0.25, 0.3) is 5.91 Å². The molecule has 1 fully saturated rings. The van der Waals surface area contributed by atoms with Crippen LogP contribution in [0.1, 0.15) is 41.6 Å². The molecule has 0 spiro atoms. The molecule has 5 heteroatoms. The molecule has 1 amide bonds. The molecule has 0 bridgehead atoms. The third-order valence-corrected chi connectivity index (χ3v) is 5.25. The molecule has 0 saturated heterocycles. The molecule has 2 aromatic carbocycles. The summed E-state index contributed by atoms with van der Waals surface area (Å²) < 4.78 is 5.86. The van der Waals surface area contributed by atoms with Gasteiger partial charge in [-0.25, -0.2) is 0 Å². The van der Waals surface area contributed by atoms with Crippen molar-refractivity contribution in [2.75, 3.05) is 13.2 Å². The summed E-state index contributed by atoms with van der Waals surface area (Å²) in [5.74, 6) is 1.17. The Kier molecular flexibility index (Phi) is 6.01. The van der Waals surface area contributed by atoms with Crippen molar-refractivity contribution in [1.82, 2.24) is 5.32 Å². The molecule has 144 valence electrons. The second-order valence-electron chi connectivity index (χ2n) is 7.52. The van der Waals surface area contributed by atoms with Gasteiger partial charge in [0.15, 0.2) is 0 Å². The summed E-state index contributed by atoms with van der Waals surface area (Å²) in [5, 5.41) is 22.8. The predicted molar refractivity (Wildman–Crippen MR) is 104 cm³/mol. The highest BCUT2D eigenvalue weighted by Gasteiger charge is 2.33. The number of aryl methyl sites for hydroxylation is 1. The maximum absolute atomic E-state index is 12.2. The lowest BCUT2D eigenvalue weighted by Gasteiger charge is -2.36. The van der Waals surface area contributed by atoms with Crippen LogP contribution in [0.2, 0.25) is 0 Å². The highest BCUT2D eigenvalue weighted by molar-refractivity contribution is 5.94. The van der Waals surface area contributed by atoms with E-state index in [1.54, 1.807) is 12.1 Å². The van der Waals surface area contributed by atoms with Gasteiger partial charge in [0, 0.05) is 12.1 Å². The highest BCUT2D eigenvalue weighted by atomic mass is 16.5. The fourth-order valence-corrected chi connectivity index (χ4v) is 3.37. The molecule has 0 radical (unpaired) electrons. The van der Waals surface area contributed by atoms with Crippen molar-refractivity contribution < 1.29 is 19.7 Å². The first-order chi connectivity index (χ1) is 12.9. The van der Waals surface area contributed by atoms with Crippen LogP contribution in [0.4, 0.5) is 0 Å². The summed E-state index contributed by atoms with van der Waals surface area (Å²) in [5.41, 5.74) is 0.809. The normalized spacial score (nSPS) is 22.2. The number of phenolic OH excluding ortho intramolecular Hbond substituents is 1. The minimum Gasteiger partial charge on any atom is -0.508 e. The summed E-state index contributed by atoms with van der Waals surface area (Å²) in [6.45, 7) is 2.93. The third kappa shape index (κ3) is 5.47. The van der Waals surface area contributed by atoms with E-state index in [0.717, 1.165) is 18.6 Å².